The highest BCUT2D eigenvalue weighted by Gasteiger charge is 2.22. The van der Waals surface area contributed by atoms with Gasteiger partial charge in [0, 0.05) is 16.3 Å². The summed E-state index contributed by atoms with van der Waals surface area (Å²) in [6.07, 6.45) is 0. The lowest BCUT2D eigenvalue weighted by molar-refractivity contribution is 0.669. The van der Waals surface area contributed by atoms with Gasteiger partial charge in [-0.05, 0) is 84.3 Å². The van der Waals surface area contributed by atoms with E-state index in [9.17, 15) is 5.48 Å². The predicted molar refractivity (Wildman–Crippen MR) is 183 cm³/mol. The second-order valence-electron chi connectivity index (χ2n) is 10.2. The van der Waals surface area contributed by atoms with Crippen molar-refractivity contribution in [1.29, 1.82) is 0 Å². The van der Waals surface area contributed by atoms with E-state index in [4.69, 9.17) is 16.8 Å². The van der Waals surface area contributed by atoms with Crippen LogP contribution in [-0.4, -0.2) is 0 Å². The van der Waals surface area contributed by atoms with Crippen molar-refractivity contribution < 1.29 is 22.2 Å². The fraction of sp³-hybridized carbons (Fsp3) is 0. The Morgan fingerprint density at radius 2 is 1.05 bits per heavy atom. The van der Waals surface area contributed by atoms with E-state index in [-0.39, 0.29) is 68.0 Å². The van der Waals surface area contributed by atoms with Gasteiger partial charge in [-0.3, -0.25) is 0 Å². The molecule has 1 heteroatoms. The molecule has 0 N–H and O–H groups in total. The highest BCUT2D eigenvalue weighted by Crippen LogP contribution is 2.49. The Hall–Kier alpha value is -5.66. The molecule has 9 aromatic rings. The minimum atomic E-state index is -0.560. The van der Waals surface area contributed by atoms with E-state index in [0.29, 0.717) is 43.8 Å². The summed E-state index contributed by atoms with van der Waals surface area (Å²) >= 11 is 0. The molecule has 8 aromatic carbocycles. The van der Waals surface area contributed by atoms with Crippen molar-refractivity contribution in [3.8, 4) is 33.4 Å². The monoisotopic (exact) mass is 559 g/mol. The molecule has 200 valence electrons. The highest BCUT2D eigenvalue weighted by atomic mass is 16.3. The Balaban J connectivity index is 1.53. The lowest BCUT2D eigenvalue weighted by Gasteiger charge is -2.20. The van der Waals surface area contributed by atoms with Crippen molar-refractivity contribution in [2.75, 3.05) is 0 Å². The Morgan fingerprint density at radius 3 is 1.79 bits per heavy atom. The van der Waals surface area contributed by atoms with Gasteiger partial charge in [-0.1, -0.05) is 133 Å². The fourth-order valence-corrected chi connectivity index (χ4v) is 6.11. The SMILES string of the molecule is [2H]c1c([2H])c([2H])c2c(oc3c([2H])c([2H])c(-c4c5ccccc5c(-c5c([2H])c([2H])c6c([2H])c([2H])c([2H])c([2H])c6c5[2H])c5ccccc45)c(-c4ccccc4)c32)c1[2H]. The summed E-state index contributed by atoms with van der Waals surface area (Å²) in [6, 6.07) is 17.8. The highest BCUT2D eigenvalue weighted by molar-refractivity contribution is 6.25. The molecule has 0 aliphatic carbocycles. The van der Waals surface area contributed by atoms with Gasteiger partial charge in [0.2, 0.25) is 0 Å². The van der Waals surface area contributed by atoms with Gasteiger partial charge >= 0.3 is 0 Å². The van der Waals surface area contributed by atoms with Crippen LogP contribution in [0.5, 0.6) is 0 Å². The molecule has 0 amide bonds. The van der Waals surface area contributed by atoms with Crippen molar-refractivity contribution in [3.63, 3.8) is 0 Å². The van der Waals surface area contributed by atoms with Crippen LogP contribution in [0.15, 0.2) is 162 Å². The van der Waals surface area contributed by atoms with Crippen molar-refractivity contribution in [3.05, 3.63) is 157 Å². The van der Waals surface area contributed by atoms with Gasteiger partial charge in [0.1, 0.15) is 11.2 Å². The van der Waals surface area contributed by atoms with E-state index in [1.807, 2.05) is 30.3 Å². The van der Waals surface area contributed by atoms with Crippen LogP contribution < -0.4 is 0 Å². The molecule has 1 heterocycles. The van der Waals surface area contributed by atoms with E-state index < -0.39 is 54.4 Å². The Labute approximate surface area is 267 Å². The lowest BCUT2D eigenvalue weighted by atomic mass is 9.82. The van der Waals surface area contributed by atoms with Crippen molar-refractivity contribution in [1.82, 2.24) is 0 Å². The minimum Gasteiger partial charge on any atom is -0.456 e. The molecule has 0 radical (unpaired) electrons. The van der Waals surface area contributed by atoms with E-state index in [1.165, 1.54) is 0 Å². The van der Waals surface area contributed by atoms with Crippen molar-refractivity contribution in [2.45, 2.75) is 0 Å². The average molecular weight is 560 g/mol. The normalized spacial score (nSPS) is 16.0. The zero-order valence-electron chi connectivity index (χ0n) is 35.4. The maximum Gasteiger partial charge on any atom is 0.136 e. The topological polar surface area (TPSA) is 13.1 Å². The maximum absolute atomic E-state index is 9.63. The summed E-state index contributed by atoms with van der Waals surface area (Å²) in [4.78, 5) is 0. The van der Waals surface area contributed by atoms with Crippen LogP contribution in [0.3, 0.4) is 0 Å². The average Bonchev–Trinajstić information content (AvgIpc) is 3.61. The smallest absolute Gasteiger partial charge is 0.136 e. The van der Waals surface area contributed by atoms with Gasteiger partial charge in [0.25, 0.3) is 0 Å². The third-order valence-electron chi connectivity index (χ3n) is 7.88. The molecule has 0 unspecified atom stereocenters. The van der Waals surface area contributed by atoms with Crippen LogP contribution >= 0.6 is 0 Å². The van der Waals surface area contributed by atoms with E-state index in [2.05, 4.69) is 0 Å². The molecular weight excluding hydrogens is 520 g/mol. The van der Waals surface area contributed by atoms with Crippen LogP contribution in [0.1, 0.15) is 17.8 Å². The molecule has 1 nitrogen and oxygen atoms in total. The van der Waals surface area contributed by atoms with E-state index in [0.717, 1.165) is 0 Å². The van der Waals surface area contributed by atoms with Gasteiger partial charge < -0.3 is 4.42 Å². The molecule has 0 saturated carbocycles. The number of hydrogen-bond acceptors (Lipinski definition) is 1. The molecule has 1 aromatic heterocycles. The zero-order chi connectivity index (χ0) is 39.6. The minimum absolute atomic E-state index is 0.00526. The number of hydrogen-bond donors (Lipinski definition) is 0. The summed E-state index contributed by atoms with van der Waals surface area (Å²) in [5, 5.41) is 2.03. The summed E-state index contributed by atoms with van der Waals surface area (Å²) in [5.41, 5.74) is 1.96. The molecule has 0 saturated heterocycles. The third kappa shape index (κ3) is 3.65. The first-order valence-electron chi connectivity index (χ1n) is 20.2. The van der Waals surface area contributed by atoms with Gasteiger partial charge in [-0.15, -0.1) is 0 Å². The second kappa shape index (κ2) is 9.44. The quantitative estimate of drug-likeness (QED) is 0.196. The molecular formula is C42H26O. The maximum atomic E-state index is 9.63. The third-order valence-corrected chi connectivity index (χ3v) is 7.88. The first-order valence-corrected chi connectivity index (χ1v) is 13.7. The van der Waals surface area contributed by atoms with E-state index in [1.54, 1.807) is 48.5 Å². The van der Waals surface area contributed by atoms with Crippen LogP contribution in [0.4, 0.5) is 0 Å². The second-order valence-corrected chi connectivity index (χ2v) is 10.2. The molecule has 0 aliphatic rings. The van der Waals surface area contributed by atoms with Crippen LogP contribution in [0.2, 0.25) is 0 Å². The Kier molecular flexibility index (Phi) is 3.18. The summed E-state index contributed by atoms with van der Waals surface area (Å²) < 4.78 is 121. The largest absolute Gasteiger partial charge is 0.456 e. The fourth-order valence-electron chi connectivity index (χ4n) is 6.11. The first kappa shape index (κ1) is 14.5. The van der Waals surface area contributed by atoms with Crippen LogP contribution in [0, 0.1) is 0 Å². The van der Waals surface area contributed by atoms with Gasteiger partial charge in [0.05, 0.1) is 17.8 Å². The molecule has 0 spiro atoms. The lowest BCUT2D eigenvalue weighted by Crippen LogP contribution is -1.93. The van der Waals surface area contributed by atoms with Crippen LogP contribution in [-0.2, 0) is 0 Å². The number of para-hydroxylation sites is 1. The number of fused-ring (bicyclic) bond motifs is 6. The first-order chi connectivity index (χ1) is 26.8. The Morgan fingerprint density at radius 1 is 0.419 bits per heavy atom. The summed E-state index contributed by atoms with van der Waals surface area (Å²) in [7, 11) is 0. The van der Waals surface area contributed by atoms with Crippen molar-refractivity contribution in [2.24, 2.45) is 0 Å². The summed E-state index contributed by atoms with van der Waals surface area (Å²) in [6.45, 7) is 0. The van der Waals surface area contributed by atoms with Gasteiger partial charge in [-0.2, -0.15) is 0 Å². The number of rotatable bonds is 3. The Bertz CT molecular complexity index is 3170. The summed E-state index contributed by atoms with van der Waals surface area (Å²) in [5.74, 6) is 0. The zero-order valence-corrected chi connectivity index (χ0v) is 22.4. The van der Waals surface area contributed by atoms with Gasteiger partial charge in [0.15, 0.2) is 0 Å². The molecule has 0 atom stereocenters. The van der Waals surface area contributed by atoms with E-state index >= 15 is 0 Å². The van der Waals surface area contributed by atoms with Crippen molar-refractivity contribution >= 4 is 54.3 Å². The number of benzene rings is 8. The standard InChI is InChI=1S/C42H26O/c1-2-13-28(14-3-1)40-36(24-25-38-42(40)35-20-10-11-21-37(35)43-38)41-33-18-8-6-16-31(33)39(32-17-7-9-19-34(32)41)30-23-22-27-12-4-5-15-29(27)26-30/h1-26H/i4D,5D,10D,11D,12D,15D,20D,21D,22D,23D,24D,25D,26D. The molecule has 0 aliphatic heterocycles. The molecule has 9 rings (SSSR count). The molecule has 0 fully saturated rings. The van der Waals surface area contributed by atoms with Gasteiger partial charge in [-0.25, -0.2) is 0 Å². The van der Waals surface area contributed by atoms with Crippen LogP contribution in [0.25, 0.3) is 87.6 Å². The molecule has 43 heavy (non-hydrogen) atoms. The number of furan rings is 1. The molecule has 0 bridgehead atoms. The predicted octanol–water partition coefficient (Wildman–Crippen LogP) is 12.0.